The molecule has 0 saturated carbocycles. The maximum absolute atomic E-state index is 12.2. The summed E-state index contributed by atoms with van der Waals surface area (Å²) in [6, 6.07) is 8.29. The number of hydrogen-bond acceptors (Lipinski definition) is 3. The van der Waals surface area contributed by atoms with Crippen LogP contribution in [0, 0.1) is 0 Å². The van der Waals surface area contributed by atoms with Gasteiger partial charge in [-0.15, -0.1) is 0 Å². The van der Waals surface area contributed by atoms with Crippen LogP contribution in [0.5, 0.6) is 0 Å². The monoisotopic (exact) mass is 250 g/mol. The van der Waals surface area contributed by atoms with Crippen LogP contribution in [0.2, 0.25) is 0 Å². The van der Waals surface area contributed by atoms with Gasteiger partial charge in [0.05, 0.1) is 4.90 Å². The van der Waals surface area contributed by atoms with Gasteiger partial charge in [0, 0.05) is 11.9 Å². The fourth-order valence-corrected chi connectivity index (χ4v) is 2.64. The average molecular weight is 250 g/mol. The molecule has 5 heteroatoms. The van der Waals surface area contributed by atoms with Crippen molar-refractivity contribution in [3.8, 4) is 0 Å². The second-order valence-corrected chi connectivity index (χ2v) is 5.98. The third kappa shape index (κ3) is 2.24. The Morgan fingerprint density at radius 1 is 1.18 bits per heavy atom. The van der Waals surface area contributed by atoms with Crippen molar-refractivity contribution in [3.05, 3.63) is 42.2 Å². The van der Waals surface area contributed by atoms with E-state index in [-0.39, 0.29) is 16.0 Å². The lowest BCUT2D eigenvalue weighted by Crippen LogP contribution is -2.04. The molecule has 0 bridgehead atoms. The third-order valence-corrected chi connectivity index (χ3v) is 4.11. The molecule has 17 heavy (non-hydrogen) atoms. The second kappa shape index (κ2) is 4.33. The Morgan fingerprint density at radius 2 is 1.82 bits per heavy atom. The average Bonchev–Trinajstić information content (AvgIpc) is 2.80. The Morgan fingerprint density at radius 3 is 2.35 bits per heavy atom. The van der Waals surface area contributed by atoms with E-state index >= 15 is 0 Å². The molecule has 90 valence electrons. The number of hydrogen-bond donors (Lipinski definition) is 1. The molecule has 1 N–H and O–H groups in total. The van der Waals surface area contributed by atoms with Crippen molar-refractivity contribution in [1.29, 1.82) is 0 Å². The first-order chi connectivity index (χ1) is 8.01. The van der Waals surface area contributed by atoms with Crippen molar-refractivity contribution >= 4 is 9.84 Å². The van der Waals surface area contributed by atoms with E-state index in [1.165, 1.54) is 0 Å². The highest BCUT2D eigenvalue weighted by molar-refractivity contribution is 7.91. The first-order valence-electron chi connectivity index (χ1n) is 5.37. The van der Waals surface area contributed by atoms with Crippen LogP contribution in [-0.4, -0.2) is 18.4 Å². The largest absolute Gasteiger partial charge is 0.332 e. The number of aromatic nitrogens is 2. The zero-order chi connectivity index (χ0) is 12.5. The van der Waals surface area contributed by atoms with Gasteiger partial charge in [-0.2, -0.15) is 0 Å². The van der Waals surface area contributed by atoms with Gasteiger partial charge in [0.25, 0.3) is 0 Å². The van der Waals surface area contributed by atoms with Gasteiger partial charge in [-0.05, 0) is 18.1 Å². The number of rotatable bonds is 3. The summed E-state index contributed by atoms with van der Waals surface area (Å²) in [4.78, 5) is 7.05. The van der Waals surface area contributed by atoms with Crippen LogP contribution in [-0.2, 0) is 9.84 Å². The summed E-state index contributed by atoms with van der Waals surface area (Å²) >= 11 is 0. The van der Waals surface area contributed by atoms with Gasteiger partial charge >= 0.3 is 0 Å². The molecular formula is C12H14N2O2S. The molecule has 0 amide bonds. The molecule has 0 spiro atoms. The maximum atomic E-state index is 12.2. The summed E-state index contributed by atoms with van der Waals surface area (Å²) in [5, 5.41) is 0.00685. The van der Waals surface area contributed by atoms with Crippen LogP contribution >= 0.6 is 0 Å². The van der Waals surface area contributed by atoms with Gasteiger partial charge in [0.1, 0.15) is 0 Å². The second-order valence-electron chi connectivity index (χ2n) is 4.11. The maximum Gasteiger partial charge on any atom is 0.239 e. The molecule has 0 saturated heterocycles. The Labute approximate surface area is 101 Å². The van der Waals surface area contributed by atoms with Gasteiger partial charge in [0.2, 0.25) is 15.0 Å². The molecule has 0 aliphatic heterocycles. The first-order valence-corrected chi connectivity index (χ1v) is 6.85. The van der Waals surface area contributed by atoms with Gasteiger partial charge in [-0.3, -0.25) is 0 Å². The molecule has 4 nitrogen and oxygen atoms in total. The molecule has 0 radical (unpaired) electrons. The minimum Gasteiger partial charge on any atom is -0.332 e. The van der Waals surface area contributed by atoms with Crippen LogP contribution < -0.4 is 0 Å². The van der Waals surface area contributed by atoms with Crippen LogP contribution in [0.4, 0.5) is 0 Å². The highest BCUT2D eigenvalue weighted by atomic mass is 32.2. The summed E-state index contributed by atoms with van der Waals surface area (Å²) in [5.41, 5.74) is 0.819. The number of nitrogens with one attached hydrogen (secondary N) is 1. The molecule has 1 aromatic heterocycles. The molecule has 0 unspecified atom stereocenters. The quantitative estimate of drug-likeness (QED) is 0.909. The van der Waals surface area contributed by atoms with E-state index in [1.54, 1.807) is 36.5 Å². The Balaban J connectivity index is 2.46. The molecule has 2 aromatic rings. The topological polar surface area (TPSA) is 62.8 Å². The molecule has 0 atom stereocenters. The molecule has 1 aromatic carbocycles. The number of benzene rings is 1. The van der Waals surface area contributed by atoms with E-state index in [1.807, 2.05) is 13.8 Å². The van der Waals surface area contributed by atoms with Crippen LogP contribution in [0.25, 0.3) is 0 Å². The number of sulfone groups is 1. The van der Waals surface area contributed by atoms with Gasteiger partial charge in [-0.1, -0.05) is 32.0 Å². The highest BCUT2D eigenvalue weighted by Crippen LogP contribution is 2.19. The molecule has 1 heterocycles. The fraction of sp³-hybridized carbons (Fsp3) is 0.250. The Hall–Kier alpha value is -1.62. The van der Waals surface area contributed by atoms with E-state index in [9.17, 15) is 8.42 Å². The van der Waals surface area contributed by atoms with E-state index in [2.05, 4.69) is 9.97 Å². The van der Waals surface area contributed by atoms with Crippen molar-refractivity contribution in [3.63, 3.8) is 0 Å². The summed E-state index contributed by atoms with van der Waals surface area (Å²) in [7, 11) is -3.52. The Bertz CT molecular complexity index is 600. The normalized spacial score (nSPS) is 11.9. The number of nitrogens with zero attached hydrogens (tertiary/aromatic N) is 1. The van der Waals surface area contributed by atoms with Crippen molar-refractivity contribution < 1.29 is 8.42 Å². The standard InChI is InChI=1S/C12H14N2O2S/c1-9(2)11-8-13-12(14-11)17(15,16)10-6-4-3-5-7-10/h3-9H,1-2H3,(H,13,14). The van der Waals surface area contributed by atoms with Crippen molar-refractivity contribution in [1.82, 2.24) is 9.97 Å². The lowest BCUT2D eigenvalue weighted by Gasteiger charge is -2.01. The van der Waals surface area contributed by atoms with Crippen LogP contribution in [0.3, 0.4) is 0 Å². The summed E-state index contributed by atoms with van der Waals surface area (Å²) in [6.07, 6.45) is 1.57. The number of imidazole rings is 1. The van der Waals surface area contributed by atoms with E-state index in [4.69, 9.17) is 0 Å². The zero-order valence-corrected chi connectivity index (χ0v) is 10.5. The third-order valence-electron chi connectivity index (χ3n) is 2.50. The van der Waals surface area contributed by atoms with Crippen LogP contribution in [0.1, 0.15) is 25.5 Å². The molecule has 2 rings (SSSR count). The van der Waals surface area contributed by atoms with Crippen molar-refractivity contribution in [2.75, 3.05) is 0 Å². The molecule has 0 aliphatic carbocycles. The molecular weight excluding hydrogens is 236 g/mol. The predicted molar refractivity (Wildman–Crippen MR) is 64.6 cm³/mol. The fourth-order valence-electron chi connectivity index (χ4n) is 1.46. The minimum atomic E-state index is -3.52. The van der Waals surface area contributed by atoms with Crippen LogP contribution in [0.15, 0.2) is 46.6 Å². The zero-order valence-electron chi connectivity index (χ0n) is 9.71. The van der Waals surface area contributed by atoms with E-state index in [0.717, 1.165) is 5.69 Å². The predicted octanol–water partition coefficient (Wildman–Crippen LogP) is 2.37. The highest BCUT2D eigenvalue weighted by Gasteiger charge is 2.21. The van der Waals surface area contributed by atoms with Crippen molar-refractivity contribution in [2.45, 2.75) is 29.8 Å². The summed E-state index contributed by atoms with van der Waals surface area (Å²) in [6.45, 7) is 3.96. The SMILES string of the molecule is CC(C)c1cnc(S(=O)(=O)c2ccccc2)[nH]1. The number of aromatic amines is 1. The number of H-pyrrole nitrogens is 1. The lowest BCUT2D eigenvalue weighted by atomic mass is 10.2. The summed E-state index contributed by atoms with van der Waals surface area (Å²) in [5.74, 6) is 0.224. The minimum absolute atomic E-state index is 0.00685. The van der Waals surface area contributed by atoms with Crippen molar-refractivity contribution in [2.24, 2.45) is 0 Å². The smallest absolute Gasteiger partial charge is 0.239 e. The molecule has 0 fully saturated rings. The van der Waals surface area contributed by atoms with Gasteiger partial charge in [0.15, 0.2) is 0 Å². The Kier molecular flexibility index (Phi) is 3.02. The van der Waals surface area contributed by atoms with E-state index < -0.39 is 9.84 Å². The van der Waals surface area contributed by atoms with Gasteiger partial charge < -0.3 is 4.98 Å². The van der Waals surface area contributed by atoms with Gasteiger partial charge in [-0.25, -0.2) is 13.4 Å². The summed E-state index contributed by atoms with van der Waals surface area (Å²) < 4.78 is 24.4. The first kappa shape index (κ1) is 11.9. The molecule has 0 aliphatic rings. The van der Waals surface area contributed by atoms with E-state index in [0.29, 0.717) is 0 Å². The lowest BCUT2D eigenvalue weighted by molar-refractivity contribution is 0.588.